The Labute approximate surface area is 143 Å². The molecule has 0 saturated carbocycles. The summed E-state index contributed by atoms with van der Waals surface area (Å²) in [6.45, 7) is 8.27. The van der Waals surface area contributed by atoms with Gasteiger partial charge >= 0.3 is 6.03 Å². The van der Waals surface area contributed by atoms with Crippen molar-refractivity contribution in [2.45, 2.75) is 44.0 Å². The number of carbonyl (C=O) groups excluding carboxylic acids is 1. The third-order valence-corrected chi connectivity index (χ3v) is 5.41. The molecule has 1 aliphatic heterocycles. The van der Waals surface area contributed by atoms with Crippen LogP contribution in [0.4, 0.5) is 4.79 Å². The molecule has 0 bridgehead atoms. The van der Waals surface area contributed by atoms with Crippen LogP contribution >= 0.6 is 11.8 Å². The molecule has 128 valence electrons. The summed E-state index contributed by atoms with van der Waals surface area (Å²) in [7, 11) is 0. The number of hydrogen-bond donors (Lipinski definition) is 2. The molecule has 0 aliphatic carbocycles. The number of amides is 2. The fourth-order valence-corrected chi connectivity index (χ4v) is 4.10. The van der Waals surface area contributed by atoms with Gasteiger partial charge in [0, 0.05) is 36.1 Å². The first-order valence-corrected chi connectivity index (χ1v) is 9.26. The van der Waals surface area contributed by atoms with E-state index in [0.717, 1.165) is 24.4 Å². The molecule has 1 aromatic carbocycles. The van der Waals surface area contributed by atoms with Gasteiger partial charge in [-0.3, -0.25) is 0 Å². The molecule has 2 atom stereocenters. The van der Waals surface area contributed by atoms with Gasteiger partial charge < -0.3 is 15.3 Å². The highest BCUT2D eigenvalue weighted by Crippen LogP contribution is 2.29. The van der Waals surface area contributed by atoms with Crippen molar-refractivity contribution in [3.63, 3.8) is 0 Å². The molecule has 4 nitrogen and oxygen atoms in total. The van der Waals surface area contributed by atoms with Gasteiger partial charge in [0.15, 0.2) is 0 Å². The zero-order valence-corrected chi connectivity index (χ0v) is 15.1. The van der Waals surface area contributed by atoms with Crippen molar-refractivity contribution in [2.75, 3.05) is 25.4 Å². The van der Waals surface area contributed by atoms with Crippen LogP contribution in [0.1, 0.15) is 38.7 Å². The van der Waals surface area contributed by atoms with Crippen LogP contribution in [-0.2, 0) is 0 Å². The van der Waals surface area contributed by atoms with Crippen LogP contribution in [-0.4, -0.2) is 52.3 Å². The number of carbonyl (C=O) groups is 1. The normalized spacial score (nSPS) is 19.9. The average molecular weight is 337 g/mol. The zero-order chi connectivity index (χ0) is 16.9. The van der Waals surface area contributed by atoms with Gasteiger partial charge in [-0.1, -0.05) is 30.3 Å². The third kappa shape index (κ3) is 5.74. The molecule has 2 N–H and O–H groups in total. The van der Waals surface area contributed by atoms with Crippen molar-refractivity contribution < 1.29 is 9.90 Å². The van der Waals surface area contributed by atoms with Gasteiger partial charge in [-0.05, 0) is 32.8 Å². The van der Waals surface area contributed by atoms with Gasteiger partial charge in [0.05, 0.1) is 6.10 Å². The van der Waals surface area contributed by atoms with E-state index in [0.29, 0.717) is 13.0 Å². The first-order valence-electron chi connectivity index (χ1n) is 8.27. The summed E-state index contributed by atoms with van der Waals surface area (Å²) in [6, 6.07) is 10.1. The quantitative estimate of drug-likeness (QED) is 0.869. The van der Waals surface area contributed by atoms with Crippen molar-refractivity contribution in [1.82, 2.24) is 10.2 Å². The number of aliphatic hydroxyl groups excluding tert-OH is 1. The van der Waals surface area contributed by atoms with Crippen molar-refractivity contribution in [2.24, 2.45) is 0 Å². The van der Waals surface area contributed by atoms with Crippen LogP contribution in [0.25, 0.3) is 0 Å². The third-order valence-electron chi connectivity index (χ3n) is 4.11. The second kappa shape index (κ2) is 8.06. The predicted molar refractivity (Wildman–Crippen MR) is 97.0 cm³/mol. The van der Waals surface area contributed by atoms with Gasteiger partial charge in [0.25, 0.3) is 0 Å². The molecule has 1 saturated heterocycles. The second-order valence-corrected chi connectivity index (χ2v) is 8.71. The number of nitrogens with one attached hydrogen (secondary N) is 1. The fourth-order valence-electron chi connectivity index (χ4n) is 2.99. The van der Waals surface area contributed by atoms with E-state index in [1.54, 1.807) is 6.92 Å². The number of hydrogen-bond acceptors (Lipinski definition) is 3. The van der Waals surface area contributed by atoms with E-state index in [-0.39, 0.29) is 22.8 Å². The molecule has 2 amide bonds. The van der Waals surface area contributed by atoms with E-state index >= 15 is 0 Å². The van der Waals surface area contributed by atoms with Crippen LogP contribution < -0.4 is 5.32 Å². The molecular formula is C18H28N2O2S. The van der Waals surface area contributed by atoms with E-state index in [4.69, 9.17) is 0 Å². The number of aliphatic hydroxyl groups is 1. The summed E-state index contributed by atoms with van der Waals surface area (Å²) in [6.07, 6.45) is 0.258. The second-order valence-electron chi connectivity index (χ2n) is 6.91. The summed E-state index contributed by atoms with van der Waals surface area (Å²) < 4.78 is 0.119. The fraction of sp³-hybridized carbons (Fsp3) is 0.611. The van der Waals surface area contributed by atoms with Crippen LogP contribution in [0.3, 0.4) is 0 Å². The number of urea groups is 1. The van der Waals surface area contributed by atoms with Crippen LogP contribution in [0.5, 0.6) is 0 Å². The van der Waals surface area contributed by atoms with Crippen LogP contribution in [0.2, 0.25) is 0 Å². The Morgan fingerprint density at radius 3 is 2.70 bits per heavy atom. The topological polar surface area (TPSA) is 52.6 Å². The summed E-state index contributed by atoms with van der Waals surface area (Å²) in [4.78, 5) is 14.4. The lowest BCUT2D eigenvalue weighted by Gasteiger charge is -2.37. The summed E-state index contributed by atoms with van der Waals surface area (Å²) >= 11 is 1.92. The van der Waals surface area contributed by atoms with Crippen molar-refractivity contribution in [3.8, 4) is 0 Å². The molecule has 1 aromatic rings. The molecule has 1 fully saturated rings. The highest BCUT2D eigenvalue weighted by atomic mass is 32.2. The predicted octanol–water partition coefficient (Wildman–Crippen LogP) is 3.08. The van der Waals surface area contributed by atoms with Crippen LogP contribution in [0, 0.1) is 0 Å². The Hall–Kier alpha value is -1.20. The molecule has 2 rings (SSSR count). The van der Waals surface area contributed by atoms with Crippen LogP contribution in [0.15, 0.2) is 30.3 Å². The molecule has 23 heavy (non-hydrogen) atoms. The van der Waals surface area contributed by atoms with E-state index in [1.807, 2.05) is 34.9 Å². The number of benzene rings is 1. The monoisotopic (exact) mass is 336 g/mol. The van der Waals surface area contributed by atoms with E-state index < -0.39 is 0 Å². The first kappa shape index (κ1) is 18.1. The molecule has 1 aliphatic rings. The van der Waals surface area contributed by atoms with Gasteiger partial charge in [-0.15, -0.1) is 0 Å². The summed E-state index contributed by atoms with van der Waals surface area (Å²) in [5, 5.41) is 12.8. The molecule has 0 radical (unpaired) electrons. The highest BCUT2D eigenvalue weighted by molar-refractivity contribution is 8.00. The largest absolute Gasteiger partial charge is 0.393 e. The molecule has 5 heteroatoms. The minimum atomic E-state index is -0.387. The lowest BCUT2D eigenvalue weighted by Crippen LogP contribution is -2.50. The van der Waals surface area contributed by atoms with Gasteiger partial charge in [-0.25, -0.2) is 4.79 Å². The molecule has 1 heterocycles. The molecular weight excluding hydrogens is 308 g/mol. The maximum Gasteiger partial charge on any atom is 0.317 e. The maximum atomic E-state index is 12.5. The molecule has 0 spiro atoms. The Balaban J connectivity index is 1.94. The minimum Gasteiger partial charge on any atom is -0.393 e. The standard InChI is InChI=1S/C18H28N2O2S/c1-14(21)11-16(15-7-5-4-6-8-15)12-19-17(22)20-9-10-23-18(2,3)13-20/h4-8,14,16,21H,9-13H2,1-3H3,(H,19,22)/t14-,16+/m0/s1. The van der Waals surface area contributed by atoms with E-state index in [2.05, 4.69) is 31.3 Å². The Kier molecular flexibility index (Phi) is 6.36. The maximum absolute atomic E-state index is 12.5. The average Bonchev–Trinajstić information content (AvgIpc) is 2.50. The highest BCUT2D eigenvalue weighted by Gasteiger charge is 2.30. The SMILES string of the molecule is C[C@H](O)C[C@H](CNC(=O)N1CCSC(C)(C)C1)c1ccccc1. The van der Waals surface area contributed by atoms with Crippen molar-refractivity contribution in [3.05, 3.63) is 35.9 Å². The molecule has 0 aromatic heterocycles. The smallest absolute Gasteiger partial charge is 0.317 e. The molecule has 0 unspecified atom stereocenters. The van der Waals surface area contributed by atoms with Gasteiger partial charge in [0.1, 0.15) is 0 Å². The lowest BCUT2D eigenvalue weighted by atomic mass is 9.93. The number of rotatable bonds is 5. The Morgan fingerprint density at radius 1 is 1.39 bits per heavy atom. The van der Waals surface area contributed by atoms with E-state index in [1.165, 1.54) is 0 Å². The lowest BCUT2D eigenvalue weighted by molar-refractivity contribution is 0.170. The Bertz CT molecular complexity index is 505. The zero-order valence-electron chi connectivity index (χ0n) is 14.3. The van der Waals surface area contributed by atoms with Crippen molar-refractivity contribution in [1.29, 1.82) is 0 Å². The van der Waals surface area contributed by atoms with Gasteiger partial charge in [0.2, 0.25) is 0 Å². The number of nitrogens with zero attached hydrogens (tertiary/aromatic N) is 1. The number of thioether (sulfide) groups is 1. The summed E-state index contributed by atoms with van der Waals surface area (Å²) in [5.41, 5.74) is 1.16. The minimum absolute atomic E-state index is 0.00454. The van der Waals surface area contributed by atoms with Crippen molar-refractivity contribution >= 4 is 17.8 Å². The Morgan fingerprint density at radius 2 is 2.09 bits per heavy atom. The van der Waals surface area contributed by atoms with Gasteiger partial charge in [-0.2, -0.15) is 11.8 Å². The van der Waals surface area contributed by atoms with E-state index in [9.17, 15) is 9.90 Å². The first-order chi connectivity index (χ1) is 10.9. The summed E-state index contributed by atoms with van der Waals surface area (Å²) in [5.74, 6) is 1.11.